The lowest BCUT2D eigenvalue weighted by Crippen LogP contribution is -2.50. The summed E-state index contributed by atoms with van der Waals surface area (Å²) in [7, 11) is 1.65. The zero-order chi connectivity index (χ0) is 22.0. The van der Waals surface area contributed by atoms with E-state index in [1.807, 2.05) is 75.4 Å². The summed E-state index contributed by atoms with van der Waals surface area (Å²) in [6, 6.07) is 17.3. The smallest absolute Gasteiger partial charge is 0.407 e. The first-order valence-corrected chi connectivity index (χ1v) is 10.3. The molecule has 0 saturated heterocycles. The molecule has 3 N–H and O–H groups in total. The van der Waals surface area contributed by atoms with Crippen molar-refractivity contribution in [1.82, 2.24) is 10.6 Å². The average molecular weight is 415 g/mol. The SMILES string of the molecule is COc1ccc(CCNC[C@@H](O)[C@H](Cc2ccccc2)NC(=O)OC(C)(C)C)cc1. The Kier molecular flexibility index (Phi) is 9.15. The molecule has 0 heterocycles. The second kappa shape index (κ2) is 11.6. The van der Waals surface area contributed by atoms with Gasteiger partial charge in [-0.2, -0.15) is 0 Å². The number of methoxy groups -OCH3 is 1. The maximum absolute atomic E-state index is 12.3. The van der Waals surface area contributed by atoms with Crippen LogP contribution in [0.2, 0.25) is 0 Å². The second-order valence-electron chi connectivity index (χ2n) is 8.31. The van der Waals surface area contributed by atoms with Gasteiger partial charge in [-0.15, -0.1) is 0 Å². The summed E-state index contributed by atoms with van der Waals surface area (Å²) in [6.07, 6.45) is 0.0651. The van der Waals surface area contributed by atoms with Gasteiger partial charge in [-0.25, -0.2) is 4.79 Å². The zero-order valence-corrected chi connectivity index (χ0v) is 18.4. The number of hydrogen-bond acceptors (Lipinski definition) is 5. The van der Waals surface area contributed by atoms with Gasteiger partial charge in [0.15, 0.2) is 0 Å². The van der Waals surface area contributed by atoms with Gasteiger partial charge in [0.1, 0.15) is 11.4 Å². The molecule has 164 valence electrons. The summed E-state index contributed by atoms with van der Waals surface area (Å²) in [5.41, 5.74) is 1.63. The standard InChI is InChI=1S/C24H34N2O4/c1-24(2,3)30-23(28)26-21(16-19-8-6-5-7-9-19)22(27)17-25-15-14-18-10-12-20(29-4)13-11-18/h5-13,21-22,25,27H,14-17H2,1-4H3,(H,26,28)/t21-,22+/m0/s1. The van der Waals surface area contributed by atoms with Crippen LogP contribution in [0.5, 0.6) is 5.75 Å². The van der Waals surface area contributed by atoms with E-state index >= 15 is 0 Å². The Hall–Kier alpha value is -2.57. The minimum absolute atomic E-state index is 0.365. The molecule has 0 aliphatic heterocycles. The summed E-state index contributed by atoms with van der Waals surface area (Å²) < 4.78 is 10.5. The van der Waals surface area contributed by atoms with E-state index in [1.54, 1.807) is 7.11 Å². The molecule has 0 radical (unpaired) electrons. The van der Waals surface area contributed by atoms with E-state index in [0.717, 1.165) is 17.7 Å². The fourth-order valence-electron chi connectivity index (χ4n) is 3.03. The minimum atomic E-state index is -0.756. The lowest BCUT2D eigenvalue weighted by atomic mass is 10.0. The molecule has 2 atom stereocenters. The van der Waals surface area contributed by atoms with Gasteiger partial charge in [0.2, 0.25) is 0 Å². The van der Waals surface area contributed by atoms with Crippen LogP contribution >= 0.6 is 0 Å². The van der Waals surface area contributed by atoms with E-state index in [0.29, 0.717) is 19.5 Å². The number of aliphatic hydroxyl groups excluding tert-OH is 1. The van der Waals surface area contributed by atoms with Crippen molar-refractivity contribution in [2.75, 3.05) is 20.2 Å². The van der Waals surface area contributed by atoms with Crippen molar-refractivity contribution >= 4 is 6.09 Å². The molecule has 0 aromatic heterocycles. The second-order valence-corrected chi connectivity index (χ2v) is 8.31. The van der Waals surface area contributed by atoms with Crippen molar-refractivity contribution < 1.29 is 19.4 Å². The van der Waals surface area contributed by atoms with Gasteiger partial charge in [-0.05, 0) is 63.4 Å². The molecule has 0 fully saturated rings. The molecule has 30 heavy (non-hydrogen) atoms. The summed E-state index contributed by atoms with van der Waals surface area (Å²) in [5.74, 6) is 0.833. The van der Waals surface area contributed by atoms with Gasteiger partial charge in [-0.1, -0.05) is 42.5 Å². The number of amides is 1. The molecular formula is C24H34N2O4. The third kappa shape index (κ3) is 8.84. The molecular weight excluding hydrogens is 380 g/mol. The summed E-state index contributed by atoms with van der Waals surface area (Å²) in [5, 5.41) is 16.8. The lowest BCUT2D eigenvalue weighted by Gasteiger charge is -2.27. The van der Waals surface area contributed by atoms with Gasteiger partial charge < -0.3 is 25.2 Å². The zero-order valence-electron chi connectivity index (χ0n) is 18.4. The molecule has 0 saturated carbocycles. The number of nitrogens with one attached hydrogen (secondary N) is 2. The molecule has 2 aromatic rings. The molecule has 0 bridgehead atoms. The third-order valence-corrected chi connectivity index (χ3v) is 4.57. The van der Waals surface area contributed by atoms with Crippen molar-refractivity contribution in [3.8, 4) is 5.75 Å². The van der Waals surface area contributed by atoms with E-state index in [4.69, 9.17) is 9.47 Å². The fraction of sp³-hybridized carbons (Fsp3) is 0.458. The van der Waals surface area contributed by atoms with Crippen LogP contribution in [-0.4, -0.2) is 49.1 Å². The van der Waals surface area contributed by atoms with Crippen molar-refractivity contribution in [3.05, 3.63) is 65.7 Å². The van der Waals surface area contributed by atoms with E-state index in [9.17, 15) is 9.90 Å². The van der Waals surface area contributed by atoms with Crippen LogP contribution in [0.25, 0.3) is 0 Å². The van der Waals surface area contributed by atoms with Crippen LogP contribution in [-0.2, 0) is 17.6 Å². The van der Waals surface area contributed by atoms with Crippen molar-refractivity contribution in [1.29, 1.82) is 0 Å². The lowest BCUT2D eigenvalue weighted by molar-refractivity contribution is 0.0423. The largest absolute Gasteiger partial charge is 0.497 e. The first-order valence-electron chi connectivity index (χ1n) is 10.3. The van der Waals surface area contributed by atoms with Crippen molar-refractivity contribution in [2.24, 2.45) is 0 Å². The molecule has 0 aliphatic rings. The van der Waals surface area contributed by atoms with Crippen LogP contribution in [0.15, 0.2) is 54.6 Å². The number of rotatable bonds is 10. The number of benzene rings is 2. The van der Waals surface area contributed by atoms with Gasteiger partial charge in [-0.3, -0.25) is 0 Å². The third-order valence-electron chi connectivity index (χ3n) is 4.57. The molecule has 2 aromatic carbocycles. The number of alkyl carbamates (subject to hydrolysis) is 1. The Bertz CT molecular complexity index is 757. The van der Waals surface area contributed by atoms with Crippen LogP contribution < -0.4 is 15.4 Å². The molecule has 1 amide bonds. The van der Waals surface area contributed by atoms with Gasteiger partial charge in [0, 0.05) is 6.54 Å². The Balaban J connectivity index is 1.88. The maximum atomic E-state index is 12.3. The number of carbonyl (C=O) groups is 1. The Morgan fingerprint density at radius 2 is 1.70 bits per heavy atom. The number of hydrogen-bond donors (Lipinski definition) is 3. The highest BCUT2D eigenvalue weighted by Gasteiger charge is 2.24. The highest BCUT2D eigenvalue weighted by atomic mass is 16.6. The van der Waals surface area contributed by atoms with E-state index in [2.05, 4.69) is 10.6 Å². The van der Waals surface area contributed by atoms with Gasteiger partial charge in [0.05, 0.1) is 19.3 Å². The first kappa shape index (κ1) is 23.7. The highest BCUT2D eigenvalue weighted by Crippen LogP contribution is 2.12. The molecule has 0 unspecified atom stereocenters. The van der Waals surface area contributed by atoms with Crippen LogP contribution in [0.4, 0.5) is 4.79 Å². The normalized spacial score (nSPS) is 13.4. The van der Waals surface area contributed by atoms with Crippen molar-refractivity contribution in [2.45, 2.75) is 51.4 Å². The predicted octanol–water partition coefficient (Wildman–Crippen LogP) is 3.32. The topological polar surface area (TPSA) is 79.8 Å². The highest BCUT2D eigenvalue weighted by molar-refractivity contribution is 5.68. The van der Waals surface area contributed by atoms with Crippen molar-refractivity contribution in [3.63, 3.8) is 0 Å². The minimum Gasteiger partial charge on any atom is -0.497 e. The molecule has 0 aliphatic carbocycles. The van der Waals surface area contributed by atoms with E-state index in [1.165, 1.54) is 5.56 Å². The predicted molar refractivity (Wildman–Crippen MR) is 119 cm³/mol. The van der Waals surface area contributed by atoms with Crippen LogP contribution in [0.3, 0.4) is 0 Å². The number of carbonyl (C=O) groups excluding carboxylic acids is 1. The van der Waals surface area contributed by atoms with Crippen LogP contribution in [0.1, 0.15) is 31.9 Å². The molecule has 0 spiro atoms. The molecule has 2 rings (SSSR count). The van der Waals surface area contributed by atoms with Gasteiger partial charge in [0.25, 0.3) is 0 Å². The monoisotopic (exact) mass is 414 g/mol. The maximum Gasteiger partial charge on any atom is 0.407 e. The first-order chi connectivity index (χ1) is 14.3. The van der Waals surface area contributed by atoms with E-state index < -0.39 is 23.8 Å². The Morgan fingerprint density at radius 1 is 1.03 bits per heavy atom. The van der Waals surface area contributed by atoms with Crippen LogP contribution in [0, 0.1) is 0 Å². The quantitative estimate of drug-likeness (QED) is 0.520. The average Bonchev–Trinajstić information content (AvgIpc) is 2.70. The Labute approximate surface area is 179 Å². The summed E-state index contributed by atoms with van der Waals surface area (Å²) in [6.45, 7) is 6.53. The summed E-state index contributed by atoms with van der Waals surface area (Å²) in [4.78, 5) is 12.3. The number of aliphatic hydroxyl groups is 1. The summed E-state index contributed by atoms with van der Waals surface area (Å²) >= 11 is 0. The van der Waals surface area contributed by atoms with E-state index in [-0.39, 0.29) is 0 Å². The number of ether oxygens (including phenoxy) is 2. The molecule has 6 nitrogen and oxygen atoms in total. The van der Waals surface area contributed by atoms with Gasteiger partial charge >= 0.3 is 6.09 Å². The molecule has 6 heteroatoms. The Morgan fingerprint density at radius 3 is 2.30 bits per heavy atom. The fourth-order valence-corrected chi connectivity index (χ4v) is 3.03.